The molecule has 0 saturated carbocycles. The lowest BCUT2D eigenvalue weighted by Crippen LogP contribution is -2.50. The molecule has 1 rings (SSSR count). The van der Waals surface area contributed by atoms with Gasteiger partial charge in [0.1, 0.15) is 12.0 Å². The van der Waals surface area contributed by atoms with Crippen LogP contribution < -0.4 is 16.8 Å². The maximum absolute atomic E-state index is 5.94. The molecule has 0 fully saturated rings. The first-order valence-electron chi connectivity index (χ1n) is 5.01. The van der Waals surface area contributed by atoms with Gasteiger partial charge < -0.3 is 11.5 Å². The Hall–Kier alpha value is -0.940. The van der Waals surface area contributed by atoms with Crippen LogP contribution in [-0.2, 0) is 0 Å². The molecule has 5 nitrogen and oxygen atoms in total. The summed E-state index contributed by atoms with van der Waals surface area (Å²) in [4.78, 5) is 0. The molecule has 0 aromatic carbocycles. The molecule has 1 aliphatic heterocycles. The fraction of sp³-hybridized carbons (Fsp3) is 0.778. The van der Waals surface area contributed by atoms with E-state index in [0.29, 0.717) is 17.6 Å². The third-order valence-electron chi connectivity index (χ3n) is 2.44. The summed E-state index contributed by atoms with van der Waals surface area (Å²) in [5, 5.41) is 7.32. The topological polar surface area (TPSA) is 70.5 Å². The standard InChI is InChI=1S/C9H21N5/c1-5-12-9-7(10)8(11)14(6(2)3)13(9)4/h6,9,12H,5,10-11H2,1-4H3. The molecule has 0 aromatic heterocycles. The second kappa shape index (κ2) is 4.06. The Morgan fingerprint density at radius 3 is 2.36 bits per heavy atom. The zero-order valence-corrected chi connectivity index (χ0v) is 9.41. The largest absolute Gasteiger partial charge is 0.397 e. The number of rotatable bonds is 3. The highest BCUT2D eigenvalue weighted by atomic mass is 15.7. The highest BCUT2D eigenvalue weighted by Gasteiger charge is 2.34. The molecule has 82 valence electrons. The van der Waals surface area contributed by atoms with Crippen molar-refractivity contribution in [2.45, 2.75) is 33.0 Å². The van der Waals surface area contributed by atoms with E-state index in [0.717, 1.165) is 6.54 Å². The van der Waals surface area contributed by atoms with Crippen molar-refractivity contribution in [2.75, 3.05) is 13.6 Å². The summed E-state index contributed by atoms with van der Waals surface area (Å²) in [7, 11) is 1.99. The van der Waals surface area contributed by atoms with Gasteiger partial charge in [0.15, 0.2) is 0 Å². The number of nitrogens with one attached hydrogen (secondary N) is 1. The summed E-state index contributed by atoms with van der Waals surface area (Å²) >= 11 is 0. The van der Waals surface area contributed by atoms with Crippen molar-refractivity contribution in [3.63, 3.8) is 0 Å². The van der Waals surface area contributed by atoms with Gasteiger partial charge in [-0.3, -0.25) is 10.3 Å². The smallest absolute Gasteiger partial charge is 0.136 e. The van der Waals surface area contributed by atoms with Crippen LogP contribution in [-0.4, -0.2) is 35.8 Å². The van der Waals surface area contributed by atoms with Crippen LogP contribution >= 0.6 is 0 Å². The monoisotopic (exact) mass is 199 g/mol. The van der Waals surface area contributed by atoms with Crippen LogP contribution in [0.2, 0.25) is 0 Å². The SMILES string of the molecule is CCNC1C(N)=C(N)N(C(C)C)N1C. The molecule has 1 unspecified atom stereocenters. The predicted molar refractivity (Wildman–Crippen MR) is 57.6 cm³/mol. The maximum Gasteiger partial charge on any atom is 0.136 e. The molecule has 0 radical (unpaired) electrons. The van der Waals surface area contributed by atoms with Gasteiger partial charge in [-0.05, 0) is 20.4 Å². The van der Waals surface area contributed by atoms with Crippen LogP contribution in [0, 0.1) is 0 Å². The lowest BCUT2D eigenvalue weighted by atomic mass is 10.3. The van der Waals surface area contributed by atoms with Crippen LogP contribution in [0.5, 0.6) is 0 Å². The molecule has 1 heterocycles. The number of hydrazine groups is 1. The van der Waals surface area contributed by atoms with Gasteiger partial charge >= 0.3 is 0 Å². The fourth-order valence-electron chi connectivity index (χ4n) is 1.85. The Morgan fingerprint density at radius 1 is 1.43 bits per heavy atom. The molecule has 0 bridgehead atoms. The van der Waals surface area contributed by atoms with Crippen molar-refractivity contribution in [1.82, 2.24) is 15.3 Å². The summed E-state index contributed by atoms with van der Waals surface area (Å²) in [5.74, 6) is 0.661. The fourth-order valence-corrected chi connectivity index (χ4v) is 1.85. The van der Waals surface area contributed by atoms with Crippen molar-refractivity contribution in [1.29, 1.82) is 0 Å². The Morgan fingerprint density at radius 2 is 2.00 bits per heavy atom. The van der Waals surface area contributed by atoms with Crippen molar-refractivity contribution >= 4 is 0 Å². The number of nitrogens with two attached hydrogens (primary N) is 2. The van der Waals surface area contributed by atoms with Crippen molar-refractivity contribution in [3.8, 4) is 0 Å². The average molecular weight is 199 g/mol. The lowest BCUT2D eigenvalue weighted by Gasteiger charge is -2.34. The third-order valence-corrected chi connectivity index (χ3v) is 2.44. The van der Waals surface area contributed by atoms with E-state index in [1.54, 1.807) is 0 Å². The normalized spacial score (nSPS) is 24.1. The van der Waals surface area contributed by atoms with E-state index in [2.05, 4.69) is 26.1 Å². The third kappa shape index (κ3) is 1.65. The predicted octanol–water partition coefficient (Wildman–Crippen LogP) is -0.421. The van der Waals surface area contributed by atoms with E-state index in [-0.39, 0.29) is 6.17 Å². The molecule has 1 atom stereocenters. The van der Waals surface area contributed by atoms with Crippen LogP contribution in [0.25, 0.3) is 0 Å². The highest BCUT2D eigenvalue weighted by Crippen LogP contribution is 2.22. The van der Waals surface area contributed by atoms with Crippen LogP contribution in [0.3, 0.4) is 0 Å². The van der Waals surface area contributed by atoms with Gasteiger partial charge in [0, 0.05) is 13.1 Å². The van der Waals surface area contributed by atoms with Gasteiger partial charge in [-0.15, -0.1) is 0 Å². The Kier molecular flexibility index (Phi) is 3.23. The Bertz CT molecular complexity index is 235. The number of nitrogens with zero attached hydrogens (tertiary/aromatic N) is 2. The minimum atomic E-state index is 0.0300. The second-order valence-corrected chi connectivity index (χ2v) is 3.81. The van der Waals surface area contributed by atoms with Crippen molar-refractivity contribution in [2.24, 2.45) is 11.5 Å². The molecular formula is C9H21N5. The van der Waals surface area contributed by atoms with Gasteiger partial charge in [-0.25, -0.2) is 0 Å². The first-order valence-corrected chi connectivity index (χ1v) is 5.01. The maximum atomic E-state index is 5.94. The zero-order valence-electron chi connectivity index (χ0n) is 9.41. The van der Waals surface area contributed by atoms with E-state index in [4.69, 9.17) is 11.5 Å². The molecule has 14 heavy (non-hydrogen) atoms. The van der Waals surface area contributed by atoms with Crippen molar-refractivity contribution < 1.29 is 0 Å². The van der Waals surface area contributed by atoms with Gasteiger partial charge in [0.2, 0.25) is 0 Å². The van der Waals surface area contributed by atoms with E-state index in [1.807, 2.05) is 17.1 Å². The first kappa shape index (κ1) is 11.1. The average Bonchev–Trinajstić information content (AvgIpc) is 2.30. The minimum Gasteiger partial charge on any atom is -0.397 e. The van der Waals surface area contributed by atoms with E-state index < -0.39 is 0 Å². The number of likely N-dealkylation sites (N-methyl/N-ethyl adjacent to an activating group) is 2. The van der Waals surface area contributed by atoms with Gasteiger partial charge in [-0.1, -0.05) is 6.92 Å². The molecule has 5 heteroatoms. The minimum absolute atomic E-state index is 0.0300. The molecule has 0 spiro atoms. The van der Waals surface area contributed by atoms with Gasteiger partial charge in [0.05, 0.1) is 5.70 Å². The van der Waals surface area contributed by atoms with Crippen LogP contribution in [0.4, 0.5) is 0 Å². The summed E-state index contributed by atoms with van der Waals surface area (Å²) in [6.07, 6.45) is 0.0300. The van der Waals surface area contributed by atoms with E-state index in [1.165, 1.54) is 0 Å². The molecule has 0 saturated heterocycles. The van der Waals surface area contributed by atoms with Crippen LogP contribution in [0.1, 0.15) is 20.8 Å². The summed E-state index contributed by atoms with van der Waals surface area (Å²) in [5.41, 5.74) is 12.6. The van der Waals surface area contributed by atoms with E-state index >= 15 is 0 Å². The first-order chi connectivity index (χ1) is 6.50. The molecular weight excluding hydrogens is 178 g/mol. The molecule has 1 aliphatic rings. The highest BCUT2D eigenvalue weighted by molar-refractivity contribution is 5.18. The van der Waals surface area contributed by atoms with Gasteiger partial charge in [0.25, 0.3) is 0 Å². The summed E-state index contributed by atoms with van der Waals surface area (Å²) in [6.45, 7) is 7.10. The van der Waals surface area contributed by atoms with Gasteiger partial charge in [-0.2, -0.15) is 5.01 Å². The van der Waals surface area contributed by atoms with E-state index in [9.17, 15) is 0 Å². The number of hydrogen-bond acceptors (Lipinski definition) is 5. The Balaban J connectivity index is 2.86. The Labute approximate surface area is 85.7 Å². The second-order valence-electron chi connectivity index (χ2n) is 3.81. The molecule has 0 amide bonds. The molecule has 5 N–H and O–H groups in total. The van der Waals surface area contributed by atoms with Crippen molar-refractivity contribution in [3.05, 3.63) is 11.5 Å². The summed E-state index contributed by atoms with van der Waals surface area (Å²) < 4.78 is 0. The number of hydrogen-bond donors (Lipinski definition) is 3. The quantitative estimate of drug-likeness (QED) is 0.576. The zero-order chi connectivity index (χ0) is 10.9. The molecule has 0 aliphatic carbocycles. The van der Waals surface area contributed by atoms with Crippen LogP contribution in [0.15, 0.2) is 11.5 Å². The summed E-state index contributed by atoms with van der Waals surface area (Å²) in [6, 6.07) is 0.321. The lowest BCUT2D eigenvalue weighted by molar-refractivity contribution is -0.00373. The molecule has 0 aromatic rings.